The number of aromatic nitrogens is 3. The Morgan fingerprint density at radius 2 is 1.62 bits per heavy atom. The zero-order valence-electron chi connectivity index (χ0n) is 10.9. The zero-order valence-corrected chi connectivity index (χ0v) is 10.9. The van der Waals surface area contributed by atoms with Crippen molar-refractivity contribution in [2.75, 3.05) is 0 Å². The van der Waals surface area contributed by atoms with Gasteiger partial charge in [-0.05, 0) is 42.3 Å². The summed E-state index contributed by atoms with van der Waals surface area (Å²) in [4.78, 5) is 0. The fourth-order valence-corrected chi connectivity index (χ4v) is 2.03. The van der Waals surface area contributed by atoms with Crippen molar-refractivity contribution in [1.29, 1.82) is 0 Å². The molecule has 108 valence electrons. The third-order valence-corrected chi connectivity index (χ3v) is 2.99. The molecule has 0 aliphatic carbocycles. The number of rotatable bonds is 2. The molecule has 0 unspecified atom stereocenters. The topological polar surface area (TPSA) is 39.4 Å². The van der Waals surface area contributed by atoms with E-state index in [9.17, 15) is 13.2 Å². The number of benzene rings is 1. The second-order valence-corrected chi connectivity index (χ2v) is 4.47. The Balaban J connectivity index is 1.93. The highest BCUT2D eigenvalue weighted by molar-refractivity contribution is 5.65. The Morgan fingerprint density at radius 3 is 2.29 bits per heavy atom. The molecule has 0 bridgehead atoms. The summed E-state index contributed by atoms with van der Waals surface area (Å²) in [7, 11) is 0. The van der Waals surface area contributed by atoms with Crippen LogP contribution in [0.5, 0.6) is 5.75 Å². The van der Waals surface area contributed by atoms with E-state index in [-0.39, 0.29) is 5.75 Å². The molecule has 0 fully saturated rings. The summed E-state index contributed by atoms with van der Waals surface area (Å²) < 4.78 is 42.0. The van der Waals surface area contributed by atoms with Gasteiger partial charge in [0.1, 0.15) is 11.6 Å². The summed E-state index contributed by atoms with van der Waals surface area (Å²) in [5, 5.41) is 7.93. The van der Waals surface area contributed by atoms with E-state index in [2.05, 4.69) is 14.9 Å². The molecule has 0 saturated heterocycles. The molecular formula is C14H10F3N3O. The summed E-state index contributed by atoms with van der Waals surface area (Å²) >= 11 is 0. The van der Waals surface area contributed by atoms with Gasteiger partial charge in [-0.25, -0.2) is 0 Å². The van der Waals surface area contributed by atoms with Gasteiger partial charge < -0.3 is 4.74 Å². The molecule has 3 aromatic rings. The lowest BCUT2D eigenvalue weighted by Crippen LogP contribution is -2.16. The second kappa shape index (κ2) is 4.76. The third kappa shape index (κ3) is 2.81. The van der Waals surface area contributed by atoms with Crippen LogP contribution in [0.1, 0.15) is 5.82 Å². The predicted octanol–water partition coefficient (Wildman–Crippen LogP) is 3.60. The van der Waals surface area contributed by atoms with E-state index >= 15 is 0 Å². The molecule has 0 spiro atoms. The molecule has 21 heavy (non-hydrogen) atoms. The number of nitrogens with zero attached hydrogens (tertiary/aromatic N) is 3. The number of ether oxygens (including phenoxy) is 1. The van der Waals surface area contributed by atoms with Crippen molar-refractivity contribution in [3.8, 4) is 16.9 Å². The highest BCUT2D eigenvalue weighted by Crippen LogP contribution is 2.26. The first-order valence-electron chi connectivity index (χ1n) is 6.10. The molecule has 0 N–H and O–H groups in total. The smallest absolute Gasteiger partial charge is 0.406 e. The first kappa shape index (κ1) is 13.4. The molecule has 0 aliphatic heterocycles. The van der Waals surface area contributed by atoms with E-state index in [1.165, 1.54) is 12.1 Å². The van der Waals surface area contributed by atoms with Gasteiger partial charge in [0, 0.05) is 6.20 Å². The maximum absolute atomic E-state index is 12.1. The van der Waals surface area contributed by atoms with Gasteiger partial charge in [0.15, 0.2) is 5.65 Å². The van der Waals surface area contributed by atoms with Crippen molar-refractivity contribution in [3.63, 3.8) is 0 Å². The van der Waals surface area contributed by atoms with Crippen molar-refractivity contribution in [2.45, 2.75) is 13.3 Å². The van der Waals surface area contributed by atoms with Crippen molar-refractivity contribution in [2.24, 2.45) is 0 Å². The van der Waals surface area contributed by atoms with Gasteiger partial charge in [-0.2, -0.15) is 0 Å². The summed E-state index contributed by atoms with van der Waals surface area (Å²) in [5.41, 5.74) is 2.34. The molecule has 2 aromatic heterocycles. The summed E-state index contributed by atoms with van der Waals surface area (Å²) in [5.74, 6) is 0.497. The Hall–Kier alpha value is -2.57. The van der Waals surface area contributed by atoms with Gasteiger partial charge in [0.25, 0.3) is 0 Å². The van der Waals surface area contributed by atoms with Crippen LogP contribution in [0.15, 0.2) is 42.6 Å². The van der Waals surface area contributed by atoms with E-state index < -0.39 is 6.36 Å². The van der Waals surface area contributed by atoms with Gasteiger partial charge in [-0.1, -0.05) is 12.1 Å². The van der Waals surface area contributed by atoms with Crippen LogP contribution in [0.3, 0.4) is 0 Å². The quantitative estimate of drug-likeness (QED) is 0.724. The summed E-state index contributed by atoms with van der Waals surface area (Å²) in [6.07, 6.45) is -2.84. The normalized spacial score (nSPS) is 11.8. The predicted molar refractivity (Wildman–Crippen MR) is 69.8 cm³/mol. The number of hydrogen-bond donors (Lipinski definition) is 0. The number of aryl methyl sites for hydroxylation is 1. The van der Waals surface area contributed by atoms with Crippen LogP contribution < -0.4 is 4.74 Å². The molecular weight excluding hydrogens is 283 g/mol. The van der Waals surface area contributed by atoms with E-state index in [1.54, 1.807) is 18.2 Å². The average molecular weight is 293 g/mol. The zero-order chi connectivity index (χ0) is 15.0. The van der Waals surface area contributed by atoms with Gasteiger partial charge >= 0.3 is 6.36 Å². The van der Waals surface area contributed by atoms with Crippen molar-refractivity contribution in [3.05, 3.63) is 48.4 Å². The Kier molecular flexibility index (Phi) is 3.04. The first-order chi connectivity index (χ1) is 9.92. The van der Waals surface area contributed by atoms with Crippen LogP contribution in [0.2, 0.25) is 0 Å². The van der Waals surface area contributed by atoms with Gasteiger partial charge in [-0.15, -0.1) is 23.4 Å². The van der Waals surface area contributed by atoms with Gasteiger partial charge in [0.2, 0.25) is 0 Å². The lowest BCUT2D eigenvalue weighted by Gasteiger charge is -2.09. The van der Waals surface area contributed by atoms with Crippen LogP contribution in [0, 0.1) is 6.92 Å². The minimum Gasteiger partial charge on any atom is -0.406 e. The molecule has 1 aromatic carbocycles. The van der Waals surface area contributed by atoms with Crippen LogP contribution in [0.25, 0.3) is 16.8 Å². The maximum Gasteiger partial charge on any atom is 0.573 e. The van der Waals surface area contributed by atoms with Crippen molar-refractivity contribution in [1.82, 2.24) is 14.6 Å². The standard InChI is InChI=1S/C14H10F3N3O/c1-9-18-19-13-7-4-11(8-20(9)13)10-2-5-12(6-3-10)21-14(15,16)17/h2-8H,1H3. The van der Waals surface area contributed by atoms with E-state index in [0.717, 1.165) is 17.0 Å². The first-order valence-corrected chi connectivity index (χ1v) is 6.10. The van der Waals surface area contributed by atoms with Gasteiger partial charge in [-0.3, -0.25) is 4.40 Å². The highest BCUT2D eigenvalue weighted by Gasteiger charge is 2.30. The number of hydrogen-bond acceptors (Lipinski definition) is 3. The van der Waals surface area contributed by atoms with E-state index in [4.69, 9.17) is 0 Å². The molecule has 7 heteroatoms. The van der Waals surface area contributed by atoms with E-state index in [1.807, 2.05) is 23.6 Å². The lowest BCUT2D eigenvalue weighted by molar-refractivity contribution is -0.274. The van der Waals surface area contributed by atoms with Crippen LogP contribution >= 0.6 is 0 Å². The minimum absolute atomic E-state index is 0.243. The minimum atomic E-state index is -4.68. The molecule has 0 atom stereocenters. The average Bonchev–Trinajstić information content (AvgIpc) is 2.79. The number of fused-ring (bicyclic) bond motifs is 1. The fourth-order valence-electron chi connectivity index (χ4n) is 2.03. The number of alkyl halides is 3. The molecule has 0 radical (unpaired) electrons. The van der Waals surface area contributed by atoms with Crippen molar-refractivity contribution < 1.29 is 17.9 Å². The molecule has 2 heterocycles. The van der Waals surface area contributed by atoms with Crippen LogP contribution in [-0.2, 0) is 0 Å². The molecule has 3 rings (SSSR count). The second-order valence-electron chi connectivity index (χ2n) is 4.47. The maximum atomic E-state index is 12.1. The SMILES string of the molecule is Cc1nnc2ccc(-c3ccc(OC(F)(F)F)cc3)cn12. The monoisotopic (exact) mass is 293 g/mol. The molecule has 0 saturated carbocycles. The van der Waals surface area contributed by atoms with Gasteiger partial charge in [0.05, 0.1) is 0 Å². The fraction of sp³-hybridized carbons (Fsp3) is 0.143. The third-order valence-electron chi connectivity index (χ3n) is 2.99. The highest BCUT2D eigenvalue weighted by atomic mass is 19.4. The number of pyridine rings is 1. The number of halogens is 3. The molecule has 0 aliphatic rings. The van der Waals surface area contributed by atoms with E-state index in [0.29, 0.717) is 5.65 Å². The lowest BCUT2D eigenvalue weighted by atomic mass is 10.1. The Labute approximate surface area is 117 Å². The summed E-state index contributed by atoms with van der Waals surface area (Å²) in [6.45, 7) is 1.82. The Bertz CT molecular complexity index is 778. The molecule has 4 nitrogen and oxygen atoms in total. The Morgan fingerprint density at radius 1 is 0.952 bits per heavy atom. The largest absolute Gasteiger partial charge is 0.573 e. The van der Waals surface area contributed by atoms with Crippen molar-refractivity contribution >= 4 is 5.65 Å². The summed E-state index contributed by atoms with van der Waals surface area (Å²) in [6, 6.07) is 9.35. The van der Waals surface area contributed by atoms with Crippen LogP contribution in [0.4, 0.5) is 13.2 Å². The molecule has 0 amide bonds. The van der Waals surface area contributed by atoms with Crippen LogP contribution in [-0.4, -0.2) is 21.0 Å².